The molecule has 13 heavy (non-hydrogen) atoms. The van der Waals surface area contributed by atoms with Crippen LogP contribution in [-0.4, -0.2) is 24.5 Å². The van der Waals surface area contributed by atoms with Gasteiger partial charge in [0.15, 0.2) is 0 Å². The van der Waals surface area contributed by atoms with Crippen molar-refractivity contribution in [2.24, 2.45) is 0 Å². The highest BCUT2D eigenvalue weighted by Gasteiger charge is 1.97. The Balaban J connectivity index is 2.50. The minimum absolute atomic E-state index is 0.0329. The maximum Gasteiger partial charge on any atom is 0.239 e. The molecule has 0 radical (unpaired) electrons. The zero-order valence-electron chi connectivity index (χ0n) is 7.79. The van der Waals surface area contributed by atoms with Crippen LogP contribution in [0.5, 0.6) is 0 Å². The van der Waals surface area contributed by atoms with Gasteiger partial charge in [-0.15, -0.1) is 0 Å². The molecule has 1 rings (SSSR count). The molecule has 0 atom stereocenters. The maximum atomic E-state index is 10.9. The average Bonchev–Trinajstić information content (AvgIpc) is 2.14. The first-order chi connectivity index (χ1) is 6.22. The summed E-state index contributed by atoms with van der Waals surface area (Å²) < 4.78 is 0. The van der Waals surface area contributed by atoms with Crippen molar-refractivity contribution in [2.45, 2.75) is 6.92 Å². The van der Waals surface area contributed by atoms with Crippen molar-refractivity contribution >= 4 is 11.6 Å². The molecule has 70 valence electrons. The van der Waals surface area contributed by atoms with E-state index in [0.29, 0.717) is 6.54 Å². The van der Waals surface area contributed by atoms with Gasteiger partial charge in [-0.3, -0.25) is 9.78 Å². The van der Waals surface area contributed by atoms with Crippen LogP contribution in [0.1, 0.15) is 5.69 Å². The van der Waals surface area contributed by atoms with Gasteiger partial charge >= 0.3 is 0 Å². The normalized spacial score (nSPS) is 9.38. The molecule has 4 nitrogen and oxygen atoms in total. The summed E-state index contributed by atoms with van der Waals surface area (Å²) >= 11 is 0. The van der Waals surface area contributed by atoms with Crippen LogP contribution in [0.3, 0.4) is 0 Å². The van der Waals surface area contributed by atoms with E-state index in [9.17, 15) is 4.79 Å². The van der Waals surface area contributed by atoms with E-state index in [-0.39, 0.29) is 5.91 Å². The van der Waals surface area contributed by atoms with E-state index < -0.39 is 0 Å². The number of aromatic nitrogens is 1. The van der Waals surface area contributed by atoms with Gasteiger partial charge in [0.1, 0.15) is 0 Å². The number of rotatable bonds is 3. The molecule has 0 bridgehead atoms. The summed E-state index contributed by atoms with van der Waals surface area (Å²) in [6, 6.07) is 3.72. The Bertz CT molecular complexity index is 299. The molecule has 1 aromatic heterocycles. The van der Waals surface area contributed by atoms with Crippen LogP contribution in [0.4, 0.5) is 5.69 Å². The molecule has 0 aliphatic carbocycles. The van der Waals surface area contributed by atoms with Crippen LogP contribution < -0.4 is 10.6 Å². The zero-order chi connectivity index (χ0) is 9.68. The Hall–Kier alpha value is -1.58. The second-order valence-corrected chi connectivity index (χ2v) is 2.71. The largest absolute Gasteiger partial charge is 0.376 e. The molecule has 0 aliphatic heterocycles. The van der Waals surface area contributed by atoms with E-state index in [1.54, 1.807) is 13.2 Å². The third-order valence-electron chi connectivity index (χ3n) is 1.63. The molecule has 0 saturated heterocycles. The van der Waals surface area contributed by atoms with Crippen molar-refractivity contribution < 1.29 is 4.79 Å². The number of carbonyl (C=O) groups is 1. The first-order valence-corrected chi connectivity index (χ1v) is 4.09. The van der Waals surface area contributed by atoms with E-state index in [4.69, 9.17) is 0 Å². The van der Waals surface area contributed by atoms with Gasteiger partial charge < -0.3 is 10.6 Å². The van der Waals surface area contributed by atoms with Crippen LogP contribution in [-0.2, 0) is 4.79 Å². The molecule has 1 heterocycles. The van der Waals surface area contributed by atoms with Crippen LogP contribution in [0.15, 0.2) is 18.3 Å². The quantitative estimate of drug-likeness (QED) is 0.712. The first-order valence-electron chi connectivity index (χ1n) is 4.09. The molecule has 0 aromatic carbocycles. The molecule has 0 unspecified atom stereocenters. The lowest BCUT2D eigenvalue weighted by Gasteiger charge is -2.04. The minimum atomic E-state index is -0.0329. The van der Waals surface area contributed by atoms with Crippen molar-refractivity contribution in [3.8, 4) is 0 Å². The summed E-state index contributed by atoms with van der Waals surface area (Å²) in [5.74, 6) is -0.0329. The number of amides is 1. The smallest absolute Gasteiger partial charge is 0.239 e. The summed E-state index contributed by atoms with van der Waals surface area (Å²) in [5, 5.41) is 5.52. The lowest BCUT2D eigenvalue weighted by Crippen LogP contribution is -2.26. The van der Waals surface area contributed by atoms with Gasteiger partial charge in [-0.2, -0.15) is 0 Å². The Morgan fingerprint density at radius 3 is 3.00 bits per heavy atom. The van der Waals surface area contributed by atoms with Crippen molar-refractivity contribution in [1.29, 1.82) is 0 Å². The maximum absolute atomic E-state index is 10.9. The zero-order valence-corrected chi connectivity index (χ0v) is 7.79. The number of hydrogen-bond acceptors (Lipinski definition) is 3. The number of pyridine rings is 1. The van der Waals surface area contributed by atoms with Crippen LogP contribution >= 0.6 is 0 Å². The van der Waals surface area contributed by atoms with Crippen molar-refractivity contribution in [3.63, 3.8) is 0 Å². The second-order valence-electron chi connectivity index (χ2n) is 2.71. The van der Waals surface area contributed by atoms with Crippen molar-refractivity contribution in [3.05, 3.63) is 24.0 Å². The van der Waals surface area contributed by atoms with Crippen molar-refractivity contribution in [1.82, 2.24) is 10.3 Å². The van der Waals surface area contributed by atoms with Gasteiger partial charge in [-0.25, -0.2) is 0 Å². The molecule has 2 N–H and O–H groups in total. The standard InChI is InChI=1S/C9H13N3O/c1-7-5-8(3-4-11-7)12-6-9(13)10-2/h3-5H,6H2,1-2H3,(H,10,13)(H,11,12). The van der Waals surface area contributed by atoms with Gasteiger partial charge in [0.05, 0.1) is 6.54 Å². The number of nitrogens with one attached hydrogen (secondary N) is 2. The predicted octanol–water partition coefficient (Wildman–Crippen LogP) is 0.548. The van der Waals surface area contributed by atoms with Gasteiger partial charge in [-0.1, -0.05) is 0 Å². The van der Waals surface area contributed by atoms with Gasteiger partial charge in [-0.05, 0) is 19.1 Å². The number of hydrogen-bond donors (Lipinski definition) is 2. The van der Waals surface area contributed by atoms with Crippen LogP contribution in [0.2, 0.25) is 0 Å². The molecule has 0 saturated carbocycles. The van der Waals surface area contributed by atoms with E-state index in [1.165, 1.54) is 0 Å². The third-order valence-corrected chi connectivity index (χ3v) is 1.63. The molecule has 1 amide bonds. The van der Waals surface area contributed by atoms with E-state index in [0.717, 1.165) is 11.4 Å². The summed E-state index contributed by atoms with van der Waals surface area (Å²) in [6.45, 7) is 2.20. The lowest BCUT2D eigenvalue weighted by atomic mass is 10.3. The molecule has 0 spiro atoms. The molecule has 1 aromatic rings. The highest BCUT2D eigenvalue weighted by atomic mass is 16.1. The fourth-order valence-electron chi connectivity index (χ4n) is 0.926. The summed E-state index contributed by atoms with van der Waals surface area (Å²) in [7, 11) is 1.61. The Labute approximate surface area is 77.4 Å². The average molecular weight is 179 g/mol. The summed E-state index contributed by atoms with van der Waals surface area (Å²) in [5.41, 5.74) is 1.85. The number of aryl methyl sites for hydroxylation is 1. The molecule has 0 aliphatic rings. The third kappa shape index (κ3) is 3.11. The van der Waals surface area contributed by atoms with Gasteiger partial charge in [0.2, 0.25) is 5.91 Å². The van der Waals surface area contributed by atoms with Crippen LogP contribution in [0.25, 0.3) is 0 Å². The lowest BCUT2D eigenvalue weighted by molar-refractivity contribution is -0.118. The van der Waals surface area contributed by atoms with Gasteiger partial charge in [0.25, 0.3) is 0 Å². The SMILES string of the molecule is CNC(=O)CNc1ccnc(C)c1. The highest BCUT2D eigenvalue weighted by molar-refractivity contribution is 5.80. The second kappa shape index (κ2) is 4.45. The van der Waals surface area contributed by atoms with E-state index in [1.807, 2.05) is 19.1 Å². The number of anilines is 1. The number of nitrogens with zero attached hydrogens (tertiary/aromatic N) is 1. The summed E-state index contributed by atoms with van der Waals surface area (Å²) in [4.78, 5) is 14.9. The molecular formula is C9H13N3O. The van der Waals surface area contributed by atoms with Gasteiger partial charge in [0, 0.05) is 24.6 Å². The fraction of sp³-hybridized carbons (Fsp3) is 0.333. The van der Waals surface area contributed by atoms with Crippen molar-refractivity contribution in [2.75, 3.05) is 18.9 Å². The predicted molar refractivity (Wildman–Crippen MR) is 51.5 cm³/mol. The monoisotopic (exact) mass is 179 g/mol. The molecule has 0 fully saturated rings. The number of carbonyl (C=O) groups excluding carboxylic acids is 1. The minimum Gasteiger partial charge on any atom is -0.376 e. The van der Waals surface area contributed by atoms with E-state index in [2.05, 4.69) is 15.6 Å². The topological polar surface area (TPSA) is 54.0 Å². The Morgan fingerprint density at radius 2 is 2.38 bits per heavy atom. The Morgan fingerprint density at radius 1 is 1.62 bits per heavy atom. The van der Waals surface area contributed by atoms with E-state index >= 15 is 0 Å². The first kappa shape index (κ1) is 9.51. The highest BCUT2D eigenvalue weighted by Crippen LogP contribution is 2.05. The molecular weight excluding hydrogens is 166 g/mol. The summed E-state index contributed by atoms with van der Waals surface area (Å²) in [6.07, 6.45) is 1.71. The van der Waals surface area contributed by atoms with Crippen LogP contribution in [0, 0.1) is 6.92 Å². The molecule has 4 heteroatoms. The Kier molecular flexibility index (Phi) is 3.25. The fourth-order valence-corrected chi connectivity index (χ4v) is 0.926. The number of likely N-dealkylation sites (N-methyl/N-ethyl adjacent to an activating group) is 1.